The number of carboxylic acid groups (broad SMARTS) is 1. The number of halogens is 4. The van der Waals surface area contributed by atoms with Crippen molar-refractivity contribution in [2.45, 2.75) is 57.4 Å². The number of aliphatic carboxylic acids is 1. The Bertz CT molecular complexity index is 1760. The number of ether oxygens (including phenoxy) is 1. The van der Waals surface area contributed by atoms with Crippen molar-refractivity contribution in [3.63, 3.8) is 0 Å². The van der Waals surface area contributed by atoms with E-state index in [-0.39, 0.29) is 29.4 Å². The molecule has 0 atom stereocenters. The van der Waals surface area contributed by atoms with E-state index >= 15 is 0 Å². The molecule has 2 amide bonds. The Hall–Kier alpha value is -4.89. The molecule has 0 spiro atoms. The number of aromatic nitrogens is 2. The van der Waals surface area contributed by atoms with E-state index in [9.17, 15) is 27.2 Å². The Balaban J connectivity index is 0.000000698. The smallest absolute Gasteiger partial charge is 0.475 e. The van der Waals surface area contributed by atoms with Gasteiger partial charge in [-0.2, -0.15) is 13.2 Å². The molecule has 1 saturated carbocycles. The van der Waals surface area contributed by atoms with Crippen LogP contribution in [-0.4, -0.2) is 70.1 Å². The van der Waals surface area contributed by atoms with E-state index in [0.717, 1.165) is 34.9 Å². The van der Waals surface area contributed by atoms with E-state index in [1.54, 1.807) is 11.4 Å². The van der Waals surface area contributed by atoms with E-state index in [0.29, 0.717) is 37.1 Å². The summed E-state index contributed by atoms with van der Waals surface area (Å²) in [6, 6.07) is 16.9. The van der Waals surface area contributed by atoms with Gasteiger partial charge in [0.25, 0.3) is 11.8 Å². The SMILES string of the molecule is Cc1nc(C(=O)N[C@H]2CC[C@H](NC(=O)c3cc(F)cnc3Oc3cccc(-c4ccc(CN(C)C)cc4)c3)CC2)cs1.O=C(O)C(F)(F)F. The number of nitrogens with one attached hydrogen (secondary N) is 2. The van der Waals surface area contributed by atoms with E-state index in [4.69, 9.17) is 14.6 Å². The average Bonchev–Trinajstić information content (AvgIpc) is 3.49. The molecule has 1 aliphatic rings. The number of rotatable bonds is 9. The van der Waals surface area contributed by atoms with Gasteiger partial charge in [-0.1, -0.05) is 36.4 Å². The number of carbonyl (C=O) groups is 3. The Morgan fingerprint density at radius 3 is 2.12 bits per heavy atom. The van der Waals surface area contributed by atoms with Gasteiger partial charge >= 0.3 is 12.1 Å². The molecule has 5 rings (SSSR count). The summed E-state index contributed by atoms with van der Waals surface area (Å²) in [5, 5.41) is 15.8. The number of thiazole rings is 1. The monoisotopic (exact) mass is 701 g/mol. The topological polar surface area (TPSA) is 134 Å². The summed E-state index contributed by atoms with van der Waals surface area (Å²) in [7, 11) is 4.07. The van der Waals surface area contributed by atoms with Crippen molar-refractivity contribution in [2.24, 2.45) is 0 Å². The van der Waals surface area contributed by atoms with Crippen LogP contribution in [0, 0.1) is 12.7 Å². The number of hydrogen-bond acceptors (Lipinski definition) is 8. The lowest BCUT2D eigenvalue weighted by atomic mass is 9.91. The zero-order valence-corrected chi connectivity index (χ0v) is 27.7. The summed E-state index contributed by atoms with van der Waals surface area (Å²) in [6.45, 7) is 2.72. The van der Waals surface area contributed by atoms with Gasteiger partial charge in [0.2, 0.25) is 5.88 Å². The van der Waals surface area contributed by atoms with Crippen LogP contribution in [0.5, 0.6) is 11.6 Å². The molecule has 49 heavy (non-hydrogen) atoms. The Morgan fingerprint density at radius 1 is 0.959 bits per heavy atom. The summed E-state index contributed by atoms with van der Waals surface area (Å²) in [5.74, 6) is -3.48. The van der Waals surface area contributed by atoms with Crippen LogP contribution in [0.1, 0.15) is 57.1 Å². The standard InChI is InChI=1S/C32H34FN5O3S.C2HF3O2/c1-20-35-29(19-42-20)31(40)37-26-13-11-25(12-14-26)36-30(39)28-16-24(33)17-34-32(28)41-27-6-4-5-23(15-27)22-9-7-21(8-10-22)18-38(2)3;3-2(4,5)1(6)7/h4-10,15-17,19,25-26H,11-14,18H2,1-3H3,(H,36,39)(H,37,40);(H,6,7)/t25-,26-;. The van der Waals surface area contributed by atoms with Crippen molar-refractivity contribution < 1.29 is 41.8 Å². The number of benzene rings is 2. The number of carboxylic acids is 1. The highest BCUT2D eigenvalue weighted by molar-refractivity contribution is 7.09. The largest absolute Gasteiger partial charge is 0.490 e. The number of carbonyl (C=O) groups excluding carboxylic acids is 2. The molecule has 10 nitrogen and oxygen atoms in total. The minimum Gasteiger partial charge on any atom is -0.475 e. The zero-order valence-electron chi connectivity index (χ0n) is 26.9. The van der Waals surface area contributed by atoms with Crippen molar-refractivity contribution in [2.75, 3.05) is 14.1 Å². The van der Waals surface area contributed by atoms with Gasteiger partial charge < -0.3 is 25.4 Å². The number of aryl methyl sites for hydroxylation is 1. The highest BCUT2D eigenvalue weighted by Crippen LogP contribution is 2.29. The molecule has 4 aromatic rings. The third-order valence-electron chi connectivity index (χ3n) is 7.39. The second-order valence-electron chi connectivity index (χ2n) is 11.6. The van der Waals surface area contributed by atoms with Gasteiger partial charge in [-0.15, -0.1) is 11.3 Å². The number of hydrogen-bond donors (Lipinski definition) is 3. The van der Waals surface area contributed by atoms with Crippen LogP contribution in [0.2, 0.25) is 0 Å². The average molecular weight is 702 g/mol. The fourth-order valence-electron chi connectivity index (χ4n) is 5.06. The first kappa shape index (κ1) is 36.9. The highest BCUT2D eigenvalue weighted by Gasteiger charge is 2.38. The summed E-state index contributed by atoms with van der Waals surface area (Å²) in [4.78, 5) is 45.0. The predicted molar refractivity (Wildman–Crippen MR) is 175 cm³/mol. The third kappa shape index (κ3) is 11.1. The van der Waals surface area contributed by atoms with Gasteiger partial charge in [-0.25, -0.2) is 19.2 Å². The normalized spacial score (nSPS) is 15.9. The quantitative estimate of drug-likeness (QED) is 0.166. The molecule has 15 heteroatoms. The van der Waals surface area contributed by atoms with Crippen molar-refractivity contribution in [3.05, 3.63) is 93.8 Å². The molecule has 1 fully saturated rings. The second-order valence-corrected chi connectivity index (χ2v) is 12.7. The van der Waals surface area contributed by atoms with Crippen LogP contribution < -0.4 is 15.4 Å². The van der Waals surface area contributed by atoms with Gasteiger partial charge in [-0.3, -0.25) is 9.59 Å². The second kappa shape index (κ2) is 16.5. The molecular weight excluding hydrogens is 666 g/mol. The first-order chi connectivity index (χ1) is 23.2. The lowest BCUT2D eigenvalue weighted by molar-refractivity contribution is -0.192. The molecule has 3 N–H and O–H groups in total. The Kier molecular flexibility index (Phi) is 12.4. The number of pyridine rings is 1. The van der Waals surface area contributed by atoms with Gasteiger partial charge in [-0.05, 0) is 81.6 Å². The van der Waals surface area contributed by atoms with E-state index in [1.807, 2.05) is 39.2 Å². The molecule has 0 radical (unpaired) electrons. The van der Waals surface area contributed by atoms with Gasteiger partial charge in [0.1, 0.15) is 22.8 Å². The molecule has 0 saturated heterocycles. The van der Waals surface area contributed by atoms with Crippen LogP contribution in [0.3, 0.4) is 0 Å². The van der Waals surface area contributed by atoms with Crippen molar-refractivity contribution in [3.8, 4) is 22.8 Å². The Morgan fingerprint density at radius 2 is 1.57 bits per heavy atom. The molecule has 2 aromatic heterocycles. The molecule has 0 bridgehead atoms. The van der Waals surface area contributed by atoms with Crippen LogP contribution in [0.25, 0.3) is 11.1 Å². The van der Waals surface area contributed by atoms with Gasteiger partial charge in [0.15, 0.2) is 0 Å². The first-order valence-electron chi connectivity index (χ1n) is 15.2. The van der Waals surface area contributed by atoms with E-state index in [2.05, 4.69) is 49.8 Å². The van der Waals surface area contributed by atoms with Crippen molar-refractivity contribution in [1.82, 2.24) is 25.5 Å². The van der Waals surface area contributed by atoms with Crippen LogP contribution in [0.15, 0.2) is 66.2 Å². The maximum Gasteiger partial charge on any atom is 0.490 e. The fraction of sp³-hybridized carbons (Fsp3) is 0.324. The van der Waals surface area contributed by atoms with Gasteiger partial charge in [0.05, 0.1) is 11.2 Å². The highest BCUT2D eigenvalue weighted by atomic mass is 32.1. The minimum atomic E-state index is -5.08. The first-order valence-corrected chi connectivity index (χ1v) is 16.1. The van der Waals surface area contributed by atoms with E-state index in [1.165, 1.54) is 16.9 Å². The van der Waals surface area contributed by atoms with Crippen LogP contribution >= 0.6 is 11.3 Å². The van der Waals surface area contributed by atoms with Gasteiger partial charge in [0, 0.05) is 24.0 Å². The summed E-state index contributed by atoms with van der Waals surface area (Å²) >= 11 is 1.44. The van der Waals surface area contributed by atoms with Crippen LogP contribution in [-0.2, 0) is 11.3 Å². The summed E-state index contributed by atoms with van der Waals surface area (Å²) in [5.41, 5.74) is 3.66. The lowest BCUT2D eigenvalue weighted by Crippen LogP contribution is -2.44. The van der Waals surface area contributed by atoms with Crippen molar-refractivity contribution >= 4 is 29.1 Å². The fourth-order valence-corrected chi connectivity index (χ4v) is 5.65. The minimum absolute atomic E-state index is 0.0128. The van der Waals surface area contributed by atoms with Crippen molar-refractivity contribution in [1.29, 1.82) is 0 Å². The Labute approximate surface area is 284 Å². The maximum atomic E-state index is 14.2. The molecule has 2 aromatic carbocycles. The molecule has 2 heterocycles. The maximum absolute atomic E-state index is 14.2. The lowest BCUT2D eigenvalue weighted by Gasteiger charge is -2.29. The number of alkyl halides is 3. The number of amides is 2. The predicted octanol–water partition coefficient (Wildman–Crippen LogP) is 6.61. The number of nitrogens with zero attached hydrogens (tertiary/aromatic N) is 3. The van der Waals surface area contributed by atoms with Crippen LogP contribution in [0.4, 0.5) is 17.6 Å². The molecule has 0 aliphatic heterocycles. The molecule has 0 unspecified atom stereocenters. The molecular formula is C34H35F4N5O5S. The van der Waals surface area contributed by atoms with E-state index < -0.39 is 23.9 Å². The third-order valence-corrected chi connectivity index (χ3v) is 8.16. The zero-order chi connectivity index (χ0) is 35.7. The molecule has 1 aliphatic carbocycles. The summed E-state index contributed by atoms with van der Waals surface area (Å²) < 4.78 is 51.9. The summed E-state index contributed by atoms with van der Waals surface area (Å²) in [6.07, 6.45) is -1.25. The molecule has 260 valence electrons.